The second kappa shape index (κ2) is 6.56. The van der Waals surface area contributed by atoms with Gasteiger partial charge in [-0.05, 0) is 42.8 Å². The van der Waals surface area contributed by atoms with Gasteiger partial charge in [0.15, 0.2) is 5.76 Å². The largest absolute Gasteiger partial charge is 0.459 e. The molecule has 0 spiro atoms. The maximum Gasteiger partial charge on any atom is 0.291 e. The van der Waals surface area contributed by atoms with E-state index in [2.05, 4.69) is 10.6 Å². The number of hydrogen-bond donors (Lipinski definition) is 2. The summed E-state index contributed by atoms with van der Waals surface area (Å²) in [6, 6.07) is 9.94. The van der Waals surface area contributed by atoms with Crippen LogP contribution in [0.1, 0.15) is 34.3 Å². The predicted molar refractivity (Wildman–Crippen MR) is 75.7 cm³/mol. The molecular formula is C15H16N2O3. The Labute approximate surface area is 117 Å². The van der Waals surface area contributed by atoms with Gasteiger partial charge >= 0.3 is 0 Å². The Morgan fingerprint density at radius 1 is 1.10 bits per heavy atom. The first-order valence-electron chi connectivity index (χ1n) is 6.44. The second-order valence-electron chi connectivity index (χ2n) is 4.26. The fraction of sp³-hybridized carbons (Fsp3) is 0.200. The van der Waals surface area contributed by atoms with Crippen LogP contribution < -0.4 is 10.6 Å². The molecule has 1 aromatic heterocycles. The smallest absolute Gasteiger partial charge is 0.291 e. The molecule has 20 heavy (non-hydrogen) atoms. The molecule has 2 aromatic rings. The van der Waals surface area contributed by atoms with E-state index in [1.165, 1.54) is 6.26 Å². The molecule has 5 heteroatoms. The standard InChI is InChI=1S/C15H16N2O3/c1-2-9-16-14(18)11-5-7-12(8-6-11)17-15(19)13-4-3-10-20-13/h3-8,10H,2,9H2,1H3,(H,16,18)(H,17,19). The lowest BCUT2D eigenvalue weighted by Crippen LogP contribution is -2.23. The van der Waals surface area contributed by atoms with E-state index >= 15 is 0 Å². The minimum absolute atomic E-state index is 0.115. The van der Waals surface area contributed by atoms with Crippen LogP contribution in [0.25, 0.3) is 0 Å². The Bertz CT molecular complexity index is 574. The molecule has 1 heterocycles. The third-order valence-corrected chi connectivity index (χ3v) is 2.69. The highest BCUT2D eigenvalue weighted by Crippen LogP contribution is 2.11. The summed E-state index contributed by atoms with van der Waals surface area (Å²) in [5.41, 5.74) is 1.17. The zero-order valence-electron chi connectivity index (χ0n) is 11.2. The van der Waals surface area contributed by atoms with Crippen molar-refractivity contribution in [2.75, 3.05) is 11.9 Å². The third-order valence-electron chi connectivity index (χ3n) is 2.69. The van der Waals surface area contributed by atoms with Gasteiger partial charge in [-0.2, -0.15) is 0 Å². The molecule has 0 aliphatic heterocycles. The highest BCUT2D eigenvalue weighted by molar-refractivity contribution is 6.02. The Morgan fingerprint density at radius 2 is 1.85 bits per heavy atom. The Hall–Kier alpha value is -2.56. The summed E-state index contributed by atoms with van der Waals surface area (Å²) in [4.78, 5) is 23.5. The molecular weight excluding hydrogens is 256 g/mol. The zero-order chi connectivity index (χ0) is 14.4. The van der Waals surface area contributed by atoms with E-state index in [-0.39, 0.29) is 17.6 Å². The lowest BCUT2D eigenvalue weighted by Gasteiger charge is -2.06. The first kappa shape index (κ1) is 13.9. The van der Waals surface area contributed by atoms with E-state index in [0.717, 1.165) is 6.42 Å². The first-order valence-corrected chi connectivity index (χ1v) is 6.44. The van der Waals surface area contributed by atoms with Gasteiger partial charge in [-0.15, -0.1) is 0 Å². The second-order valence-corrected chi connectivity index (χ2v) is 4.26. The summed E-state index contributed by atoms with van der Waals surface area (Å²) in [6.07, 6.45) is 2.33. The Morgan fingerprint density at radius 3 is 2.45 bits per heavy atom. The fourth-order valence-corrected chi connectivity index (χ4v) is 1.65. The molecule has 2 amide bonds. The quantitative estimate of drug-likeness (QED) is 0.879. The summed E-state index contributed by atoms with van der Waals surface area (Å²) >= 11 is 0. The van der Waals surface area contributed by atoms with Gasteiger partial charge in [0.25, 0.3) is 11.8 Å². The van der Waals surface area contributed by atoms with Gasteiger partial charge in [0.2, 0.25) is 0 Å². The summed E-state index contributed by atoms with van der Waals surface area (Å²) in [5.74, 6) is -0.191. The molecule has 0 bridgehead atoms. The zero-order valence-corrected chi connectivity index (χ0v) is 11.2. The lowest BCUT2D eigenvalue weighted by molar-refractivity contribution is 0.0952. The van der Waals surface area contributed by atoms with Crippen molar-refractivity contribution in [2.45, 2.75) is 13.3 Å². The van der Waals surface area contributed by atoms with Crippen LogP contribution in [0.5, 0.6) is 0 Å². The van der Waals surface area contributed by atoms with Crippen LogP contribution in [0.3, 0.4) is 0 Å². The molecule has 0 saturated carbocycles. The molecule has 0 saturated heterocycles. The van der Waals surface area contributed by atoms with Gasteiger partial charge in [0, 0.05) is 17.8 Å². The number of benzene rings is 1. The van der Waals surface area contributed by atoms with Crippen molar-refractivity contribution in [1.82, 2.24) is 5.32 Å². The number of furan rings is 1. The van der Waals surface area contributed by atoms with E-state index in [0.29, 0.717) is 17.8 Å². The van der Waals surface area contributed by atoms with Crippen LogP contribution >= 0.6 is 0 Å². The van der Waals surface area contributed by atoms with Gasteiger partial charge < -0.3 is 15.1 Å². The summed E-state index contributed by atoms with van der Waals surface area (Å²) in [7, 11) is 0. The molecule has 2 N–H and O–H groups in total. The molecule has 0 fully saturated rings. The number of hydrogen-bond acceptors (Lipinski definition) is 3. The van der Waals surface area contributed by atoms with Crippen molar-refractivity contribution in [2.24, 2.45) is 0 Å². The van der Waals surface area contributed by atoms with Crippen LogP contribution in [0.4, 0.5) is 5.69 Å². The highest BCUT2D eigenvalue weighted by atomic mass is 16.3. The van der Waals surface area contributed by atoms with Crippen molar-refractivity contribution >= 4 is 17.5 Å². The first-order chi connectivity index (χ1) is 9.70. The van der Waals surface area contributed by atoms with Crippen molar-refractivity contribution in [3.05, 3.63) is 54.0 Å². The minimum Gasteiger partial charge on any atom is -0.459 e. The van der Waals surface area contributed by atoms with Crippen LogP contribution in [-0.2, 0) is 0 Å². The van der Waals surface area contributed by atoms with Crippen LogP contribution in [0.15, 0.2) is 47.1 Å². The normalized spacial score (nSPS) is 10.1. The number of amides is 2. The molecule has 0 aliphatic carbocycles. The van der Waals surface area contributed by atoms with E-state index in [1.807, 2.05) is 6.92 Å². The number of carbonyl (C=O) groups excluding carboxylic acids is 2. The number of carbonyl (C=O) groups is 2. The topological polar surface area (TPSA) is 71.3 Å². The lowest BCUT2D eigenvalue weighted by atomic mass is 10.2. The predicted octanol–water partition coefficient (Wildman–Crippen LogP) is 2.67. The molecule has 5 nitrogen and oxygen atoms in total. The molecule has 0 unspecified atom stereocenters. The Balaban J connectivity index is 1.98. The van der Waals surface area contributed by atoms with E-state index in [9.17, 15) is 9.59 Å². The average molecular weight is 272 g/mol. The SMILES string of the molecule is CCCNC(=O)c1ccc(NC(=O)c2ccco2)cc1. The summed E-state index contributed by atoms with van der Waals surface area (Å²) in [5, 5.41) is 5.48. The summed E-state index contributed by atoms with van der Waals surface area (Å²) < 4.78 is 5.00. The fourth-order valence-electron chi connectivity index (χ4n) is 1.65. The van der Waals surface area contributed by atoms with Crippen molar-refractivity contribution in [1.29, 1.82) is 0 Å². The van der Waals surface area contributed by atoms with Gasteiger partial charge in [-0.25, -0.2) is 0 Å². The average Bonchev–Trinajstić information content (AvgIpc) is 3.00. The number of anilines is 1. The van der Waals surface area contributed by atoms with Crippen molar-refractivity contribution < 1.29 is 14.0 Å². The third kappa shape index (κ3) is 3.47. The molecule has 1 aromatic carbocycles. The van der Waals surface area contributed by atoms with Crippen LogP contribution in [-0.4, -0.2) is 18.4 Å². The van der Waals surface area contributed by atoms with E-state index in [1.54, 1.807) is 36.4 Å². The number of rotatable bonds is 5. The van der Waals surface area contributed by atoms with Crippen molar-refractivity contribution in [3.63, 3.8) is 0 Å². The molecule has 0 radical (unpaired) electrons. The number of nitrogens with one attached hydrogen (secondary N) is 2. The summed E-state index contributed by atoms with van der Waals surface area (Å²) in [6.45, 7) is 2.64. The maximum atomic E-state index is 11.8. The minimum atomic E-state index is -0.321. The van der Waals surface area contributed by atoms with Gasteiger partial charge in [-0.1, -0.05) is 6.92 Å². The van der Waals surface area contributed by atoms with Gasteiger partial charge in [0.05, 0.1) is 6.26 Å². The Kier molecular flexibility index (Phi) is 4.55. The molecule has 104 valence electrons. The van der Waals surface area contributed by atoms with Crippen LogP contribution in [0.2, 0.25) is 0 Å². The van der Waals surface area contributed by atoms with E-state index in [4.69, 9.17) is 4.42 Å². The monoisotopic (exact) mass is 272 g/mol. The molecule has 0 aliphatic rings. The van der Waals surface area contributed by atoms with Gasteiger partial charge in [-0.3, -0.25) is 9.59 Å². The molecule has 0 atom stereocenters. The molecule has 2 rings (SSSR count). The van der Waals surface area contributed by atoms with Crippen LogP contribution in [0, 0.1) is 0 Å². The maximum absolute atomic E-state index is 11.8. The van der Waals surface area contributed by atoms with E-state index < -0.39 is 0 Å². The van der Waals surface area contributed by atoms with Crippen molar-refractivity contribution in [3.8, 4) is 0 Å². The van der Waals surface area contributed by atoms with Gasteiger partial charge in [0.1, 0.15) is 0 Å². The highest BCUT2D eigenvalue weighted by Gasteiger charge is 2.09.